The molecule has 124 valence electrons. The Labute approximate surface area is 145 Å². The Morgan fingerprint density at radius 3 is 2.46 bits per heavy atom. The molecule has 8 nitrogen and oxygen atoms in total. The summed E-state index contributed by atoms with van der Waals surface area (Å²) < 4.78 is 5.74. The molecule has 0 bridgehead atoms. The van der Waals surface area contributed by atoms with Gasteiger partial charge in [-0.15, -0.1) is 0 Å². The maximum atomic E-state index is 12.0. The Balaban J connectivity index is 2.11. The number of hydrogen-bond acceptors (Lipinski definition) is 5. The Bertz CT molecular complexity index is 809. The highest BCUT2D eigenvalue weighted by molar-refractivity contribution is 9.10. The quantitative estimate of drug-likeness (QED) is 0.471. The topological polar surface area (TPSA) is 111 Å². The maximum Gasteiger partial charge on any atom is 0.314 e. The number of nitro benzene ring substituents is 1. The molecule has 0 spiro atoms. The summed E-state index contributed by atoms with van der Waals surface area (Å²) in [7, 11) is 1.30. The lowest BCUT2D eigenvalue weighted by molar-refractivity contribution is -0.384. The summed E-state index contributed by atoms with van der Waals surface area (Å²) in [5.41, 5.74) is 0.404. The van der Waals surface area contributed by atoms with Gasteiger partial charge in [-0.05, 0) is 24.3 Å². The van der Waals surface area contributed by atoms with Crippen LogP contribution in [0, 0.1) is 10.1 Å². The summed E-state index contributed by atoms with van der Waals surface area (Å²) in [6.45, 7) is 0. The monoisotopic (exact) mass is 393 g/mol. The minimum absolute atomic E-state index is 0.0767. The standard InChI is InChI=1S/C15H12BrN3O5/c1-24-13-8-11(19(22)23)5-6-12(13)18-15(21)14(20)17-10-4-2-3-9(16)7-10/h2-8H,1H3,(H,17,20)(H,18,21). The third kappa shape index (κ3) is 4.29. The molecule has 0 radical (unpaired) electrons. The normalized spacial score (nSPS) is 9.92. The maximum absolute atomic E-state index is 12.0. The second-order valence-electron chi connectivity index (χ2n) is 4.56. The van der Waals surface area contributed by atoms with E-state index in [0.717, 1.165) is 10.5 Å². The van der Waals surface area contributed by atoms with Crippen LogP contribution in [-0.2, 0) is 9.59 Å². The summed E-state index contributed by atoms with van der Waals surface area (Å²) in [5, 5.41) is 15.5. The van der Waals surface area contributed by atoms with Gasteiger partial charge in [0, 0.05) is 16.2 Å². The van der Waals surface area contributed by atoms with E-state index in [2.05, 4.69) is 26.6 Å². The van der Waals surface area contributed by atoms with Crippen molar-refractivity contribution < 1.29 is 19.2 Å². The Morgan fingerprint density at radius 1 is 1.12 bits per heavy atom. The number of nitro groups is 1. The van der Waals surface area contributed by atoms with Gasteiger partial charge in [0.1, 0.15) is 5.75 Å². The zero-order chi connectivity index (χ0) is 17.7. The van der Waals surface area contributed by atoms with Crippen molar-refractivity contribution in [1.29, 1.82) is 0 Å². The SMILES string of the molecule is COc1cc([N+](=O)[O-])ccc1NC(=O)C(=O)Nc1cccc(Br)c1. The molecule has 2 rings (SSSR count). The number of amides is 2. The van der Waals surface area contributed by atoms with Crippen molar-refractivity contribution in [3.8, 4) is 5.75 Å². The molecular weight excluding hydrogens is 382 g/mol. The number of halogens is 1. The fraction of sp³-hybridized carbons (Fsp3) is 0.0667. The van der Waals surface area contributed by atoms with E-state index in [0.29, 0.717) is 5.69 Å². The Morgan fingerprint density at radius 2 is 1.83 bits per heavy atom. The molecule has 0 saturated carbocycles. The molecule has 9 heteroatoms. The first-order valence-corrected chi connectivity index (χ1v) is 7.40. The van der Waals surface area contributed by atoms with Crippen LogP contribution in [-0.4, -0.2) is 23.8 Å². The summed E-state index contributed by atoms with van der Waals surface area (Å²) in [6, 6.07) is 10.4. The third-order valence-corrected chi connectivity index (χ3v) is 3.43. The van der Waals surface area contributed by atoms with Gasteiger partial charge in [0.25, 0.3) is 5.69 Å². The predicted molar refractivity (Wildman–Crippen MR) is 91.0 cm³/mol. The number of carbonyl (C=O) groups excluding carboxylic acids is 2. The van der Waals surface area contributed by atoms with E-state index >= 15 is 0 Å². The van der Waals surface area contributed by atoms with Crippen LogP contribution in [0.3, 0.4) is 0 Å². The lowest BCUT2D eigenvalue weighted by atomic mass is 10.2. The number of methoxy groups -OCH3 is 1. The second kappa shape index (κ2) is 7.55. The van der Waals surface area contributed by atoms with E-state index in [-0.39, 0.29) is 17.1 Å². The Hall–Kier alpha value is -2.94. The molecular formula is C15H12BrN3O5. The third-order valence-electron chi connectivity index (χ3n) is 2.93. The number of anilines is 2. The lowest BCUT2D eigenvalue weighted by Crippen LogP contribution is -2.29. The zero-order valence-corrected chi connectivity index (χ0v) is 14.0. The van der Waals surface area contributed by atoms with E-state index in [4.69, 9.17) is 4.74 Å². The smallest absolute Gasteiger partial charge is 0.314 e. The summed E-state index contributed by atoms with van der Waals surface area (Å²) in [4.78, 5) is 34.0. The number of carbonyl (C=O) groups is 2. The molecule has 0 unspecified atom stereocenters. The van der Waals surface area contributed by atoms with Gasteiger partial charge in [0.05, 0.1) is 23.8 Å². The number of hydrogen-bond donors (Lipinski definition) is 2. The molecule has 24 heavy (non-hydrogen) atoms. The average Bonchev–Trinajstić information content (AvgIpc) is 2.54. The fourth-order valence-electron chi connectivity index (χ4n) is 1.83. The molecule has 0 aromatic heterocycles. The predicted octanol–water partition coefficient (Wildman–Crippen LogP) is 2.94. The zero-order valence-electron chi connectivity index (χ0n) is 12.4. The largest absolute Gasteiger partial charge is 0.494 e. The van der Waals surface area contributed by atoms with Gasteiger partial charge in [0.2, 0.25) is 0 Å². The molecule has 2 N–H and O–H groups in total. The van der Waals surface area contributed by atoms with Gasteiger partial charge in [-0.3, -0.25) is 19.7 Å². The van der Waals surface area contributed by atoms with Crippen LogP contribution in [0.25, 0.3) is 0 Å². The molecule has 0 saturated heterocycles. The van der Waals surface area contributed by atoms with Crippen LogP contribution < -0.4 is 15.4 Å². The van der Waals surface area contributed by atoms with Crippen molar-refractivity contribution in [3.63, 3.8) is 0 Å². The van der Waals surface area contributed by atoms with E-state index in [9.17, 15) is 19.7 Å². The summed E-state index contributed by atoms with van der Waals surface area (Å²) in [6.07, 6.45) is 0. The molecule has 0 aliphatic rings. The summed E-state index contributed by atoms with van der Waals surface area (Å²) in [5.74, 6) is -1.73. The molecule has 0 fully saturated rings. The average molecular weight is 394 g/mol. The van der Waals surface area contributed by atoms with Crippen molar-refractivity contribution in [1.82, 2.24) is 0 Å². The van der Waals surface area contributed by atoms with Crippen LogP contribution in [0.15, 0.2) is 46.9 Å². The number of nitrogens with one attached hydrogen (secondary N) is 2. The van der Waals surface area contributed by atoms with Crippen LogP contribution in [0.4, 0.5) is 17.1 Å². The molecule has 0 atom stereocenters. The van der Waals surface area contributed by atoms with Gasteiger partial charge < -0.3 is 15.4 Å². The van der Waals surface area contributed by atoms with Crippen molar-refractivity contribution in [3.05, 3.63) is 57.1 Å². The first-order chi connectivity index (χ1) is 11.4. The number of rotatable bonds is 4. The number of non-ortho nitro benzene ring substituents is 1. The van der Waals surface area contributed by atoms with Crippen LogP contribution in [0.2, 0.25) is 0 Å². The van der Waals surface area contributed by atoms with Gasteiger partial charge in [-0.2, -0.15) is 0 Å². The van der Waals surface area contributed by atoms with Crippen LogP contribution >= 0.6 is 15.9 Å². The van der Waals surface area contributed by atoms with Gasteiger partial charge in [-0.1, -0.05) is 22.0 Å². The minimum atomic E-state index is -0.929. The van der Waals surface area contributed by atoms with E-state index < -0.39 is 16.7 Å². The molecule has 0 aliphatic carbocycles. The first-order valence-electron chi connectivity index (χ1n) is 6.61. The van der Waals surface area contributed by atoms with Crippen LogP contribution in [0.5, 0.6) is 5.75 Å². The highest BCUT2D eigenvalue weighted by atomic mass is 79.9. The molecule has 2 aromatic carbocycles. The minimum Gasteiger partial charge on any atom is -0.494 e. The highest BCUT2D eigenvalue weighted by Crippen LogP contribution is 2.29. The molecule has 2 amide bonds. The fourth-order valence-corrected chi connectivity index (χ4v) is 2.23. The Kier molecular flexibility index (Phi) is 5.48. The van der Waals surface area contributed by atoms with Crippen molar-refractivity contribution >= 4 is 44.8 Å². The van der Waals surface area contributed by atoms with Crippen molar-refractivity contribution in [2.45, 2.75) is 0 Å². The molecule has 0 aliphatic heterocycles. The van der Waals surface area contributed by atoms with Gasteiger partial charge >= 0.3 is 11.8 Å². The van der Waals surface area contributed by atoms with Gasteiger partial charge in [0.15, 0.2) is 0 Å². The van der Waals surface area contributed by atoms with E-state index in [1.54, 1.807) is 24.3 Å². The van der Waals surface area contributed by atoms with Crippen molar-refractivity contribution in [2.75, 3.05) is 17.7 Å². The number of benzene rings is 2. The van der Waals surface area contributed by atoms with E-state index in [1.165, 1.54) is 19.2 Å². The highest BCUT2D eigenvalue weighted by Gasteiger charge is 2.18. The van der Waals surface area contributed by atoms with E-state index in [1.807, 2.05) is 0 Å². The van der Waals surface area contributed by atoms with Crippen molar-refractivity contribution in [2.24, 2.45) is 0 Å². The number of ether oxygens (including phenoxy) is 1. The van der Waals surface area contributed by atoms with Gasteiger partial charge in [-0.25, -0.2) is 0 Å². The molecule has 0 heterocycles. The number of nitrogens with zero attached hydrogens (tertiary/aromatic N) is 1. The first kappa shape index (κ1) is 17.4. The second-order valence-corrected chi connectivity index (χ2v) is 5.48. The molecule has 2 aromatic rings. The summed E-state index contributed by atoms with van der Waals surface area (Å²) >= 11 is 3.26. The lowest BCUT2D eigenvalue weighted by Gasteiger charge is -2.10. The van der Waals surface area contributed by atoms with Crippen LogP contribution in [0.1, 0.15) is 0 Å².